The number of amides is 2. The Labute approximate surface area is 133 Å². The summed E-state index contributed by atoms with van der Waals surface area (Å²) in [6.45, 7) is 2.40. The largest absolute Gasteiger partial charge is 0.396 e. The molecule has 3 atom stereocenters. The second-order valence-electron chi connectivity index (χ2n) is 6.42. The van der Waals surface area contributed by atoms with E-state index in [0.717, 1.165) is 24.8 Å². The van der Waals surface area contributed by atoms with Gasteiger partial charge in [0.15, 0.2) is 0 Å². The van der Waals surface area contributed by atoms with Crippen LogP contribution in [-0.4, -0.2) is 23.8 Å². The van der Waals surface area contributed by atoms with E-state index in [1.165, 1.54) is 12.8 Å². The monoisotopic (exact) mass is 304 g/mol. The van der Waals surface area contributed by atoms with Crippen LogP contribution in [0.25, 0.3) is 0 Å². The molecule has 0 radical (unpaired) electrons. The Morgan fingerprint density at radius 3 is 2.77 bits per heavy atom. The van der Waals surface area contributed by atoms with E-state index in [-0.39, 0.29) is 24.7 Å². The van der Waals surface area contributed by atoms with Crippen molar-refractivity contribution in [2.45, 2.75) is 57.5 Å². The Bertz CT molecular complexity index is 450. The summed E-state index contributed by atoms with van der Waals surface area (Å²) < 4.78 is 0. The summed E-state index contributed by atoms with van der Waals surface area (Å²) in [4.78, 5) is 12.3. The molecule has 1 aromatic carbocycles. The van der Waals surface area contributed by atoms with Crippen molar-refractivity contribution >= 4 is 6.03 Å². The standard InChI is InChI=1S/C18H28N2O2/c1-14-7-5-10-16(13-14)19-18(22)20-17(11-6-12-21)15-8-3-2-4-9-15/h2-4,8-9,14,16-17,21H,5-7,10-13H2,1H3,(H2,19,20,22). The molecule has 0 saturated heterocycles. The van der Waals surface area contributed by atoms with Crippen LogP contribution >= 0.6 is 0 Å². The fraction of sp³-hybridized carbons (Fsp3) is 0.611. The highest BCUT2D eigenvalue weighted by molar-refractivity contribution is 5.74. The predicted octanol–water partition coefficient (Wildman–Crippen LogP) is 3.38. The van der Waals surface area contributed by atoms with Crippen molar-refractivity contribution in [2.75, 3.05) is 6.61 Å². The SMILES string of the molecule is CC1CCCC(NC(=O)NC(CCCO)c2ccccc2)C1. The molecule has 1 aliphatic rings. The average molecular weight is 304 g/mol. The zero-order valence-corrected chi connectivity index (χ0v) is 13.4. The number of hydrogen-bond acceptors (Lipinski definition) is 2. The molecule has 0 bridgehead atoms. The average Bonchev–Trinajstić information content (AvgIpc) is 2.52. The number of carbonyl (C=O) groups is 1. The fourth-order valence-corrected chi connectivity index (χ4v) is 3.25. The molecule has 4 nitrogen and oxygen atoms in total. The number of nitrogens with one attached hydrogen (secondary N) is 2. The van der Waals surface area contributed by atoms with Gasteiger partial charge < -0.3 is 15.7 Å². The summed E-state index contributed by atoms with van der Waals surface area (Å²) >= 11 is 0. The van der Waals surface area contributed by atoms with Crippen molar-refractivity contribution in [3.63, 3.8) is 0 Å². The molecule has 22 heavy (non-hydrogen) atoms. The van der Waals surface area contributed by atoms with Crippen LogP contribution in [0.2, 0.25) is 0 Å². The van der Waals surface area contributed by atoms with Crippen molar-refractivity contribution in [3.8, 4) is 0 Å². The maximum absolute atomic E-state index is 12.3. The van der Waals surface area contributed by atoms with Crippen LogP contribution < -0.4 is 10.6 Å². The van der Waals surface area contributed by atoms with Gasteiger partial charge >= 0.3 is 6.03 Å². The van der Waals surface area contributed by atoms with Gasteiger partial charge in [0, 0.05) is 12.6 Å². The molecule has 4 heteroatoms. The van der Waals surface area contributed by atoms with Crippen molar-refractivity contribution in [1.29, 1.82) is 0 Å². The zero-order valence-electron chi connectivity index (χ0n) is 13.4. The first-order valence-electron chi connectivity index (χ1n) is 8.42. The van der Waals surface area contributed by atoms with Gasteiger partial charge in [0.2, 0.25) is 0 Å². The Hall–Kier alpha value is -1.55. The molecule has 3 unspecified atom stereocenters. The number of urea groups is 1. The third-order valence-corrected chi connectivity index (χ3v) is 4.43. The third kappa shape index (κ3) is 5.34. The van der Waals surface area contributed by atoms with Crippen LogP contribution in [0.1, 0.15) is 57.1 Å². The van der Waals surface area contributed by atoms with Crippen LogP contribution in [0.15, 0.2) is 30.3 Å². The van der Waals surface area contributed by atoms with E-state index < -0.39 is 0 Å². The summed E-state index contributed by atoms with van der Waals surface area (Å²) in [7, 11) is 0. The van der Waals surface area contributed by atoms with Gasteiger partial charge in [-0.2, -0.15) is 0 Å². The van der Waals surface area contributed by atoms with Gasteiger partial charge in [0.25, 0.3) is 0 Å². The van der Waals surface area contributed by atoms with E-state index in [0.29, 0.717) is 12.3 Å². The molecule has 1 fully saturated rings. The van der Waals surface area contributed by atoms with Gasteiger partial charge in [-0.3, -0.25) is 0 Å². The third-order valence-electron chi connectivity index (χ3n) is 4.43. The van der Waals surface area contributed by atoms with Gasteiger partial charge in [0.05, 0.1) is 6.04 Å². The molecule has 122 valence electrons. The van der Waals surface area contributed by atoms with E-state index in [4.69, 9.17) is 5.11 Å². The number of aliphatic hydroxyl groups is 1. The molecule has 0 aromatic heterocycles. The maximum Gasteiger partial charge on any atom is 0.315 e. The topological polar surface area (TPSA) is 61.4 Å². The summed E-state index contributed by atoms with van der Waals surface area (Å²) in [6.07, 6.45) is 6.03. The highest BCUT2D eigenvalue weighted by Gasteiger charge is 2.21. The van der Waals surface area contributed by atoms with E-state index in [9.17, 15) is 4.79 Å². The zero-order chi connectivity index (χ0) is 15.8. The van der Waals surface area contributed by atoms with Gasteiger partial charge in [0.1, 0.15) is 0 Å². The van der Waals surface area contributed by atoms with E-state index >= 15 is 0 Å². The molecule has 1 aliphatic carbocycles. The van der Waals surface area contributed by atoms with Crippen molar-refractivity contribution in [1.82, 2.24) is 10.6 Å². The predicted molar refractivity (Wildman–Crippen MR) is 88.6 cm³/mol. The first-order chi connectivity index (χ1) is 10.7. The van der Waals surface area contributed by atoms with E-state index in [1.807, 2.05) is 30.3 Å². The molecular formula is C18H28N2O2. The van der Waals surface area contributed by atoms with Crippen molar-refractivity contribution in [3.05, 3.63) is 35.9 Å². The molecule has 1 aromatic rings. The summed E-state index contributed by atoms with van der Waals surface area (Å²) in [5.41, 5.74) is 1.09. The van der Waals surface area contributed by atoms with Gasteiger partial charge in [-0.1, -0.05) is 50.1 Å². The van der Waals surface area contributed by atoms with Crippen LogP contribution in [-0.2, 0) is 0 Å². The lowest BCUT2D eigenvalue weighted by Crippen LogP contribution is -2.45. The number of aliphatic hydroxyl groups excluding tert-OH is 1. The lowest BCUT2D eigenvalue weighted by atomic mass is 9.87. The maximum atomic E-state index is 12.3. The normalized spacial score (nSPS) is 22.8. The molecule has 0 heterocycles. The van der Waals surface area contributed by atoms with Crippen LogP contribution in [0.4, 0.5) is 4.79 Å². The minimum absolute atomic E-state index is 0.0469. The highest BCUT2D eigenvalue weighted by Crippen LogP contribution is 2.24. The first-order valence-corrected chi connectivity index (χ1v) is 8.42. The van der Waals surface area contributed by atoms with Crippen LogP contribution in [0.3, 0.4) is 0 Å². The van der Waals surface area contributed by atoms with Crippen LogP contribution in [0, 0.1) is 5.92 Å². The highest BCUT2D eigenvalue weighted by atomic mass is 16.3. The molecule has 3 N–H and O–H groups in total. The van der Waals surface area contributed by atoms with Crippen molar-refractivity contribution < 1.29 is 9.90 Å². The first kappa shape index (κ1) is 16.8. The molecule has 2 amide bonds. The number of benzene rings is 1. The summed E-state index contributed by atoms with van der Waals surface area (Å²) in [5.74, 6) is 0.693. The number of carbonyl (C=O) groups excluding carboxylic acids is 1. The summed E-state index contributed by atoms with van der Waals surface area (Å²) in [6, 6.07) is 10.1. The van der Waals surface area contributed by atoms with E-state index in [2.05, 4.69) is 17.6 Å². The quantitative estimate of drug-likeness (QED) is 0.754. The molecular weight excluding hydrogens is 276 g/mol. The Kier molecular flexibility index (Phi) is 6.72. The van der Waals surface area contributed by atoms with Crippen LogP contribution in [0.5, 0.6) is 0 Å². The Balaban J connectivity index is 1.90. The van der Waals surface area contributed by atoms with Gasteiger partial charge in [-0.15, -0.1) is 0 Å². The molecule has 1 saturated carbocycles. The number of hydrogen-bond donors (Lipinski definition) is 3. The summed E-state index contributed by atoms with van der Waals surface area (Å²) in [5, 5.41) is 15.2. The second-order valence-corrected chi connectivity index (χ2v) is 6.42. The minimum Gasteiger partial charge on any atom is -0.396 e. The number of rotatable bonds is 6. The van der Waals surface area contributed by atoms with E-state index in [1.54, 1.807) is 0 Å². The lowest BCUT2D eigenvalue weighted by Gasteiger charge is -2.28. The smallest absolute Gasteiger partial charge is 0.315 e. The molecule has 0 aliphatic heterocycles. The second kappa shape index (κ2) is 8.79. The molecule has 2 rings (SSSR count). The molecule has 0 spiro atoms. The van der Waals surface area contributed by atoms with Gasteiger partial charge in [-0.25, -0.2) is 4.79 Å². The minimum atomic E-state index is -0.0918. The fourth-order valence-electron chi connectivity index (χ4n) is 3.25. The Morgan fingerprint density at radius 2 is 2.09 bits per heavy atom. The van der Waals surface area contributed by atoms with Gasteiger partial charge in [-0.05, 0) is 37.2 Å². The lowest BCUT2D eigenvalue weighted by molar-refractivity contribution is 0.221. The van der Waals surface area contributed by atoms with Crippen molar-refractivity contribution in [2.24, 2.45) is 5.92 Å². The Morgan fingerprint density at radius 1 is 1.32 bits per heavy atom.